The average molecular weight is 246 g/mol. The number of benzene rings is 1. The number of fused-ring (bicyclic) bond motifs is 3. The average Bonchev–Trinajstić information content (AvgIpc) is 2.92. The molecule has 0 fully saturated rings. The summed E-state index contributed by atoms with van der Waals surface area (Å²) in [6.07, 6.45) is 3.64. The third kappa shape index (κ3) is 1.56. The Labute approximate surface area is 105 Å². The van der Waals surface area contributed by atoms with Crippen LogP contribution in [0.2, 0.25) is 0 Å². The van der Waals surface area contributed by atoms with Crippen LogP contribution in [0.3, 0.4) is 0 Å². The highest BCUT2D eigenvalue weighted by molar-refractivity contribution is 6.15. The van der Waals surface area contributed by atoms with Gasteiger partial charge in [0.05, 0.1) is 17.7 Å². The van der Waals surface area contributed by atoms with E-state index in [0.717, 1.165) is 36.8 Å². The second-order valence-corrected chi connectivity index (χ2v) is 4.69. The first-order chi connectivity index (χ1) is 8.72. The molecule has 1 aromatic carbocycles. The molecule has 1 aromatic rings. The van der Waals surface area contributed by atoms with Crippen LogP contribution in [0.15, 0.2) is 6.07 Å². The molecule has 2 aliphatic rings. The summed E-state index contributed by atoms with van der Waals surface area (Å²) in [6, 6.07) is 1.81. The summed E-state index contributed by atoms with van der Waals surface area (Å²) < 4.78 is 9.80. The first-order valence-corrected chi connectivity index (χ1v) is 6.15. The van der Waals surface area contributed by atoms with Gasteiger partial charge in [-0.05, 0) is 48.4 Å². The fraction of sp³-hybridized carbons (Fsp3) is 0.429. The lowest BCUT2D eigenvalue weighted by Crippen LogP contribution is -2.05. The minimum absolute atomic E-state index is 0.437. The van der Waals surface area contributed by atoms with Crippen LogP contribution in [0, 0.1) is 0 Å². The van der Waals surface area contributed by atoms with Crippen molar-refractivity contribution in [2.45, 2.75) is 25.7 Å². The Bertz CT molecular complexity index is 545. The monoisotopic (exact) mass is 246 g/mol. The number of esters is 2. The highest BCUT2D eigenvalue weighted by atomic mass is 16.6. The van der Waals surface area contributed by atoms with E-state index in [-0.39, 0.29) is 0 Å². The summed E-state index contributed by atoms with van der Waals surface area (Å²) >= 11 is 0. The predicted molar refractivity (Wildman–Crippen MR) is 63.8 cm³/mol. The lowest BCUT2D eigenvalue weighted by molar-refractivity contribution is 0.0443. The number of hydrogen-bond acceptors (Lipinski definition) is 4. The van der Waals surface area contributed by atoms with Gasteiger partial charge in [-0.15, -0.1) is 0 Å². The molecule has 18 heavy (non-hydrogen) atoms. The molecule has 1 aliphatic heterocycles. The largest absolute Gasteiger partial charge is 0.386 e. The molecule has 0 amide bonds. The first kappa shape index (κ1) is 11.4. The fourth-order valence-corrected chi connectivity index (χ4v) is 2.89. The molecule has 0 radical (unpaired) electrons. The van der Waals surface area contributed by atoms with Gasteiger partial charge in [0.2, 0.25) is 0 Å². The molecule has 1 aliphatic carbocycles. The van der Waals surface area contributed by atoms with Crippen LogP contribution in [0.5, 0.6) is 0 Å². The van der Waals surface area contributed by atoms with E-state index >= 15 is 0 Å². The molecule has 0 saturated carbocycles. The van der Waals surface area contributed by atoms with Gasteiger partial charge in [-0.25, -0.2) is 9.59 Å². The van der Waals surface area contributed by atoms with E-state index in [1.54, 1.807) is 7.11 Å². The number of cyclic esters (lactones) is 2. The molecule has 0 spiro atoms. The van der Waals surface area contributed by atoms with Crippen molar-refractivity contribution in [1.82, 2.24) is 0 Å². The van der Waals surface area contributed by atoms with E-state index in [2.05, 4.69) is 0 Å². The molecule has 0 bridgehead atoms. The SMILES string of the molecule is COCCc1cc2c(c3c1CCC3)C(=O)OC2=O. The quantitative estimate of drug-likeness (QED) is 0.601. The van der Waals surface area contributed by atoms with E-state index in [0.29, 0.717) is 17.7 Å². The molecule has 4 nitrogen and oxygen atoms in total. The number of carbonyl (C=O) groups excluding carboxylic acids is 2. The molecule has 0 atom stereocenters. The van der Waals surface area contributed by atoms with Crippen molar-refractivity contribution in [3.8, 4) is 0 Å². The van der Waals surface area contributed by atoms with Crippen LogP contribution in [0.25, 0.3) is 0 Å². The Morgan fingerprint density at radius 3 is 2.78 bits per heavy atom. The Hall–Kier alpha value is -1.68. The highest BCUT2D eigenvalue weighted by Crippen LogP contribution is 2.35. The van der Waals surface area contributed by atoms with Gasteiger partial charge in [0, 0.05) is 7.11 Å². The summed E-state index contributed by atoms with van der Waals surface area (Å²) in [5.74, 6) is -0.991. The Morgan fingerprint density at radius 2 is 2.00 bits per heavy atom. The number of methoxy groups -OCH3 is 1. The Kier molecular flexibility index (Phi) is 2.67. The van der Waals surface area contributed by atoms with Crippen molar-refractivity contribution >= 4 is 11.9 Å². The van der Waals surface area contributed by atoms with Gasteiger partial charge in [-0.3, -0.25) is 0 Å². The van der Waals surface area contributed by atoms with Crippen LogP contribution >= 0.6 is 0 Å². The smallest absolute Gasteiger partial charge is 0.347 e. The Balaban J connectivity index is 2.14. The second-order valence-electron chi connectivity index (χ2n) is 4.69. The third-order valence-corrected chi connectivity index (χ3v) is 3.68. The molecule has 94 valence electrons. The molecule has 3 rings (SSSR count). The minimum Gasteiger partial charge on any atom is -0.386 e. The van der Waals surface area contributed by atoms with E-state index in [4.69, 9.17) is 9.47 Å². The van der Waals surface area contributed by atoms with Gasteiger partial charge in [0.25, 0.3) is 0 Å². The summed E-state index contributed by atoms with van der Waals surface area (Å²) in [7, 11) is 1.66. The van der Waals surface area contributed by atoms with Crippen molar-refractivity contribution in [3.05, 3.63) is 33.9 Å². The van der Waals surface area contributed by atoms with Crippen molar-refractivity contribution in [2.75, 3.05) is 13.7 Å². The molecular formula is C14H14O4. The van der Waals surface area contributed by atoms with Crippen molar-refractivity contribution in [3.63, 3.8) is 0 Å². The summed E-state index contributed by atoms with van der Waals surface area (Å²) in [4.78, 5) is 23.3. The third-order valence-electron chi connectivity index (χ3n) is 3.68. The highest BCUT2D eigenvalue weighted by Gasteiger charge is 2.35. The maximum atomic E-state index is 11.7. The normalized spacial score (nSPS) is 16.7. The fourth-order valence-electron chi connectivity index (χ4n) is 2.89. The summed E-state index contributed by atoms with van der Waals surface area (Å²) in [5.41, 5.74) is 4.31. The van der Waals surface area contributed by atoms with Gasteiger partial charge < -0.3 is 9.47 Å². The van der Waals surface area contributed by atoms with Gasteiger partial charge in [-0.2, -0.15) is 0 Å². The molecular weight excluding hydrogens is 232 g/mol. The van der Waals surface area contributed by atoms with Crippen LogP contribution in [0.4, 0.5) is 0 Å². The van der Waals surface area contributed by atoms with Crippen LogP contribution in [-0.2, 0) is 28.7 Å². The van der Waals surface area contributed by atoms with Gasteiger partial charge >= 0.3 is 11.9 Å². The maximum absolute atomic E-state index is 11.7. The van der Waals surface area contributed by atoms with Crippen molar-refractivity contribution < 1.29 is 19.1 Å². The van der Waals surface area contributed by atoms with E-state index in [1.807, 2.05) is 6.07 Å². The van der Waals surface area contributed by atoms with E-state index < -0.39 is 11.9 Å². The number of hydrogen-bond donors (Lipinski definition) is 0. The zero-order chi connectivity index (χ0) is 12.7. The maximum Gasteiger partial charge on any atom is 0.347 e. The molecule has 0 aromatic heterocycles. The standard InChI is InChI=1S/C14H14O4/c1-17-6-5-8-7-11-12(14(16)18-13(11)15)10-4-2-3-9(8)10/h7H,2-6H2,1H3. The number of rotatable bonds is 3. The molecule has 1 heterocycles. The van der Waals surface area contributed by atoms with E-state index in [1.165, 1.54) is 5.56 Å². The molecule has 4 heteroatoms. The molecule has 0 unspecified atom stereocenters. The van der Waals surface area contributed by atoms with E-state index in [9.17, 15) is 9.59 Å². The topological polar surface area (TPSA) is 52.6 Å². The number of ether oxygens (including phenoxy) is 2. The Morgan fingerprint density at radius 1 is 1.22 bits per heavy atom. The first-order valence-electron chi connectivity index (χ1n) is 6.15. The van der Waals surface area contributed by atoms with Crippen LogP contribution < -0.4 is 0 Å². The van der Waals surface area contributed by atoms with Gasteiger partial charge in [-0.1, -0.05) is 0 Å². The lowest BCUT2D eigenvalue weighted by atomic mass is 9.93. The van der Waals surface area contributed by atoms with Crippen molar-refractivity contribution in [2.24, 2.45) is 0 Å². The van der Waals surface area contributed by atoms with Crippen LogP contribution in [-0.4, -0.2) is 25.7 Å². The van der Waals surface area contributed by atoms with Crippen LogP contribution in [0.1, 0.15) is 43.8 Å². The zero-order valence-electron chi connectivity index (χ0n) is 10.2. The second kappa shape index (κ2) is 4.21. The summed E-state index contributed by atoms with van der Waals surface area (Å²) in [5, 5.41) is 0. The van der Waals surface area contributed by atoms with Crippen molar-refractivity contribution in [1.29, 1.82) is 0 Å². The summed E-state index contributed by atoms with van der Waals surface area (Å²) in [6.45, 7) is 0.619. The van der Waals surface area contributed by atoms with Gasteiger partial charge in [0.15, 0.2) is 0 Å². The number of carbonyl (C=O) groups is 2. The zero-order valence-corrected chi connectivity index (χ0v) is 10.2. The minimum atomic E-state index is -0.511. The molecule has 0 saturated heterocycles. The molecule has 0 N–H and O–H groups in total. The predicted octanol–water partition coefficient (Wildman–Crippen LogP) is 1.67. The lowest BCUT2D eigenvalue weighted by Gasteiger charge is -2.10. The van der Waals surface area contributed by atoms with Gasteiger partial charge in [0.1, 0.15) is 0 Å².